The van der Waals surface area contributed by atoms with Gasteiger partial charge < -0.3 is 14.6 Å². The molecule has 6 heteroatoms. The Labute approximate surface area is 198 Å². The van der Waals surface area contributed by atoms with Crippen LogP contribution < -0.4 is 14.9 Å². The highest BCUT2D eigenvalue weighted by Crippen LogP contribution is 2.40. The average molecular weight is 455 g/mol. The number of phenols is 1. The lowest BCUT2D eigenvalue weighted by Gasteiger charge is -2.28. The van der Waals surface area contributed by atoms with E-state index in [1.807, 2.05) is 31.2 Å². The summed E-state index contributed by atoms with van der Waals surface area (Å²) in [6.45, 7) is 14.9. The van der Waals surface area contributed by atoms with E-state index in [-0.39, 0.29) is 16.7 Å². The third-order valence-corrected chi connectivity index (χ3v) is 5.32. The molecule has 1 amide bonds. The molecule has 0 fully saturated rings. The van der Waals surface area contributed by atoms with Crippen LogP contribution in [0.15, 0.2) is 35.4 Å². The summed E-state index contributed by atoms with van der Waals surface area (Å²) in [5.74, 6) is 1.45. The zero-order valence-electron chi connectivity index (χ0n) is 21.2. The number of nitrogens with one attached hydrogen (secondary N) is 1. The van der Waals surface area contributed by atoms with Crippen LogP contribution in [0.3, 0.4) is 0 Å². The molecule has 0 atom stereocenters. The van der Waals surface area contributed by atoms with E-state index in [0.29, 0.717) is 36.7 Å². The predicted molar refractivity (Wildman–Crippen MR) is 134 cm³/mol. The molecule has 0 saturated carbocycles. The summed E-state index contributed by atoms with van der Waals surface area (Å²) in [6.07, 6.45) is 2.43. The van der Waals surface area contributed by atoms with Crippen LogP contribution in [0.5, 0.6) is 17.2 Å². The van der Waals surface area contributed by atoms with Gasteiger partial charge in [-0.1, -0.05) is 53.7 Å². The quantitative estimate of drug-likeness (QED) is 0.409. The molecule has 0 saturated heterocycles. The first-order chi connectivity index (χ1) is 15.4. The van der Waals surface area contributed by atoms with Crippen LogP contribution in [0.25, 0.3) is 0 Å². The van der Waals surface area contributed by atoms with Crippen LogP contribution in [-0.2, 0) is 22.0 Å². The molecule has 180 valence electrons. The van der Waals surface area contributed by atoms with Crippen LogP contribution in [0.1, 0.15) is 77.1 Å². The third kappa shape index (κ3) is 7.24. The molecule has 33 heavy (non-hydrogen) atoms. The number of carbonyl (C=O) groups is 1. The van der Waals surface area contributed by atoms with Gasteiger partial charge in [0.1, 0.15) is 5.75 Å². The number of aryl methyl sites for hydroxylation is 1. The number of hydrogen-bond acceptors (Lipinski definition) is 5. The van der Waals surface area contributed by atoms with E-state index in [1.165, 1.54) is 0 Å². The van der Waals surface area contributed by atoms with Crippen molar-refractivity contribution in [3.63, 3.8) is 0 Å². The maximum absolute atomic E-state index is 12.4. The Bertz CT molecular complexity index is 963. The van der Waals surface area contributed by atoms with Crippen LogP contribution in [0.2, 0.25) is 0 Å². The molecule has 2 N–H and O–H groups in total. The molecule has 0 radical (unpaired) electrons. The fourth-order valence-electron chi connectivity index (χ4n) is 3.52. The van der Waals surface area contributed by atoms with Gasteiger partial charge in [-0.05, 0) is 64.6 Å². The SMILES string of the molecule is CCOc1cc(/C=N\NC(=O)CCc2cc(C(C)(C)C)c(O)c(C(C)(C)C)c2)ccc1OC. The van der Waals surface area contributed by atoms with Gasteiger partial charge >= 0.3 is 0 Å². The van der Waals surface area contributed by atoms with Crippen molar-refractivity contribution < 1.29 is 19.4 Å². The molecule has 0 aliphatic carbocycles. The molecule has 0 spiro atoms. The van der Waals surface area contributed by atoms with E-state index >= 15 is 0 Å². The number of benzene rings is 2. The standard InChI is InChI=1S/C27H38N2O4/c1-9-33-23-16-19(10-12-22(23)32-8)17-28-29-24(30)13-11-18-14-20(26(2,3)4)25(31)21(15-18)27(5,6)7/h10,12,14-17,31H,9,11,13H2,1-8H3,(H,29,30)/b28-17-. The molecule has 0 aromatic heterocycles. The van der Waals surface area contributed by atoms with Crippen LogP contribution in [0.4, 0.5) is 0 Å². The van der Waals surface area contributed by atoms with Gasteiger partial charge in [0.2, 0.25) is 5.91 Å². The van der Waals surface area contributed by atoms with Gasteiger partial charge in [0.25, 0.3) is 0 Å². The van der Waals surface area contributed by atoms with E-state index in [4.69, 9.17) is 9.47 Å². The summed E-state index contributed by atoms with van der Waals surface area (Å²) in [5.41, 5.74) is 5.80. The van der Waals surface area contributed by atoms with Crippen LogP contribution >= 0.6 is 0 Å². The highest BCUT2D eigenvalue weighted by Gasteiger charge is 2.26. The number of ether oxygens (including phenoxy) is 2. The molecule has 6 nitrogen and oxygen atoms in total. The van der Waals surface area contributed by atoms with Crippen LogP contribution in [0, 0.1) is 0 Å². The number of hydrazone groups is 1. The summed E-state index contributed by atoms with van der Waals surface area (Å²) in [4.78, 5) is 12.4. The molecule has 0 unspecified atom stereocenters. The average Bonchev–Trinajstić information content (AvgIpc) is 2.71. The number of nitrogens with zero attached hydrogens (tertiary/aromatic N) is 1. The number of rotatable bonds is 8. The molecule has 0 aliphatic heterocycles. The second kappa shape index (κ2) is 10.7. The van der Waals surface area contributed by atoms with Crippen molar-refractivity contribution in [1.82, 2.24) is 5.43 Å². The molecule has 0 aliphatic rings. The summed E-state index contributed by atoms with van der Waals surface area (Å²) in [6, 6.07) is 9.48. The minimum absolute atomic E-state index is 0.174. The third-order valence-electron chi connectivity index (χ3n) is 5.32. The highest BCUT2D eigenvalue weighted by molar-refractivity contribution is 5.83. The fourth-order valence-corrected chi connectivity index (χ4v) is 3.52. The lowest BCUT2D eigenvalue weighted by atomic mass is 9.78. The van der Waals surface area contributed by atoms with Crippen molar-refractivity contribution in [1.29, 1.82) is 0 Å². The fraction of sp³-hybridized carbons (Fsp3) is 0.481. The Morgan fingerprint density at radius 2 is 1.64 bits per heavy atom. The van der Waals surface area contributed by atoms with Gasteiger partial charge in [-0.2, -0.15) is 5.10 Å². The van der Waals surface area contributed by atoms with E-state index in [0.717, 1.165) is 22.3 Å². The zero-order chi connectivity index (χ0) is 24.8. The van der Waals surface area contributed by atoms with Gasteiger partial charge in [0.15, 0.2) is 11.5 Å². The monoisotopic (exact) mass is 454 g/mol. The van der Waals surface area contributed by atoms with Crippen molar-refractivity contribution in [2.45, 2.75) is 72.1 Å². The number of hydrogen-bond donors (Lipinski definition) is 2. The van der Waals surface area contributed by atoms with Gasteiger partial charge in [0.05, 0.1) is 19.9 Å². The maximum atomic E-state index is 12.4. The Kier molecular flexibility index (Phi) is 8.53. The van der Waals surface area contributed by atoms with Gasteiger partial charge in [-0.25, -0.2) is 5.43 Å². The van der Waals surface area contributed by atoms with Crippen LogP contribution in [-0.4, -0.2) is 30.9 Å². The predicted octanol–water partition coefficient (Wildman–Crippen LogP) is 5.48. The summed E-state index contributed by atoms with van der Waals surface area (Å²) in [5, 5.41) is 14.9. The number of phenolic OH excluding ortho intramolecular Hbond substituents is 1. The number of amides is 1. The molecule has 0 bridgehead atoms. The highest BCUT2D eigenvalue weighted by atomic mass is 16.5. The number of aromatic hydroxyl groups is 1. The first-order valence-corrected chi connectivity index (χ1v) is 11.4. The molecule has 2 rings (SSSR count). The van der Waals surface area contributed by atoms with E-state index < -0.39 is 0 Å². The summed E-state index contributed by atoms with van der Waals surface area (Å²) >= 11 is 0. The second-order valence-corrected chi connectivity index (χ2v) is 10.2. The van der Waals surface area contributed by atoms with Gasteiger partial charge in [-0.3, -0.25) is 4.79 Å². The second-order valence-electron chi connectivity index (χ2n) is 10.2. The minimum atomic E-state index is -0.203. The molecule has 2 aromatic rings. The first kappa shape index (κ1) is 26.2. The molecule has 0 heterocycles. The van der Waals surface area contributed by atoms with Crippen molar-refractivity contribution in [2.24, 2.45) is 5.10 Å². The molecular weight excluding hydrogens is 416 g/mol. The Morgan fingerprint density at radius 1 is 1.03 bits per heavy atom. The van der Waals surface area contributed by atoms with Crippen molar-refractivity contribution in [3.8, 4) is 17.2 Å². The normalized spacial score (nSPS) is 12.1. The Balaban J connectivity index is 2.08. The smallest absolute Gasteiger partial charge is 0.240 e. The van der Waals surface area contributed by atoms with Crippen molar-refractivity contribution in [2.75, 3.05) is 13.7 Å². The maximum Gasteiger partial charge on any atom is 0.240 e. The number of carbonyl (C=O) groups excluding carboxylic acids is 1. The molecular formula is C27H38N2O4. The summed E-state index contributed by atoms with van der Waals surface area (Å²) < 4.78 is 10.8. The Morgan fingerprint density at radius 3 is 2.15 bits per heavy atom. The van der Waals surface area contributed by atoms with E-state index in [9.17, 15) is 9.90 Å². The van der Waals surface area contributed by atoms with E-state index in [1.54, 1.807) is 19.4 Å². The lowest BCUT2D eigenvalue weighted by molar-refractivity contribution is -0.121. The van der Waals surface area contributed by atoms with E-state index in [2.05, 4.69) is 52.1 Å². The minimum Gasteiger partial charge on any atom is -0.507 e. The number of methoxy groups -OCH3 is 1. The molecule has 2 aromatic carbocycles. The first-order valence-electron chi connectivity index (χ1n) is 11.4. The van der Waals surface area contributed by atoms with Gasteiger partial charge in [-0.15, -0.1) is 0 Å². The van der Waals surface area contributed by atoms with Crippen molar-refractivity contribution >= 4 is 12.1 Å². The zero-order valence-corrected chi connectivity index (χ0v) is 21.2. The van der Waals surface area contributed by atoms with Crippen molar-refractivity contribution in [3.05, 3.63) is 52.6 Å². The Hall–Kier alpha value is -3.02. The largest absolute Gasteiger partial charge is 0.507 e. The van der Waals surface area contributed by atoms with Gasteiger partial charge in [0, 0.05) is 6.42 Å². The summed E-state index contributed by atoms with van der Waals surface area (Å²) in [7, 11) is 1.59. The lowest BCUT2D eigenvalue weighted by Crippen LogP contribution is -2.20. The topological polar surface area (TPSA) is 80.2 Å².